The van der Waals surface area contributed by atoms with Crippen molar-refractivity contribution in [2.75, 3.05) is 6.54 Å². The van der Waals surface area contributed by atoms with E-state index in [1.165, 1.54) is 0 Å². The largest absolute Gasteiger partial charge is 0.311 e. The molecule has 4 heteroatoms. The van der Waals surface area contributed by atoms with Gasteiger partial charge in [0.2, 0.25) is 0 Å². The van der Waals surface area contributed by atoms with Gasteiger partial charge in [-0.05, 0) is 26.0 Å². The molecule has 74 valence electrons. The summed E-state index contributed by atoms with van der Waals surface area (Å²) in [6.45, 7) is 3.77. The fourth-order valence-corrected chi connectivity index (χ4v) is 1.18. The lowest BCUT2D eigenvalue weighted by Gasteiger charge is -2.03. The average molecular weight is 202 g/mol. The van der Waals surface area contributed by atoms with Gasteiger partial charge in [0.25, 0.3) is 0 Å². The van der Waals surface area contributed by atoms with Gasteiger partial charge in [0.05, 0.1) is 5.69 Å². The molecule has 1 aromatic rings. The van der Waals surface area contributed by atoms with E-state index in [1.807, 2.05) is 26.2 Å². The molecule has 0 spiro atoms. The number of hydrogen-bond donors (Lipinski definition) is 1. The van der Waals surface area contributed by atoms with Crippen LogP contribution in [0.25, 0.3) is 0 Å². The van der Waals surface area contributed by atoms with Crippen molar-refractivity contribution in [1.29, 1.82) is 0 Å². The molecule has 0 saturated heterocycles. The van der Waals surface area contributed by atoms with Crippen molar-refractivity contribution in [3.63, 3.8) is 0 Å². The summed E-state index contributed by atoms with van der Waals surface area (Å²) in [7, 11) is 1.92. The van der Waals surface area contributed by atoms with E-state index in [1.54, 1.807) is 4.68 Å². The lowest BCUT2D eigenvalue weighted by atomic mass is 10.3. The molecule has 0 bridgehead atoms. The van der Waals surface area contributed by atoms with Gasteiger partial charge < -0.3 is 5.32 Å². The lowest BCUT2D eigenvalue weighted by molar-refractivity contribution is 0.625. The van der Waals surface area contributed by atoms with Crippen LogP contribution in [0.1, 0.15) is 19.0 Å². The zero-order valence-corrected chi connectivity index (χ0v) is 8.88. The van der Waals surface area contributed by atoms with Crippen LogP contribution in [0.4, 0.5) is 0 Å². The van der Waals surface area contributed by atoms with Gasteiger partial charge in [-0.25, -0.2) is 0 Å². The van der Waals surface area contributed by atoms with Crippen molar-refractivity contribution < 1.29 is 0 Å². The molecule has 0 aromatic carbocycles. The van der Waals surface area contributed by atoms with Crippen LogP contribution in [-0.2, 0) is 13.6 Å². The van der Waals surface area contributed by atoms with Crippen molar-refractivity contribution in [2.45, 2.75) is 25.3 Å². The highest BCUT2D eigenvalue weighted by atomic mass is 35.5. The second-order valence-corrected chi connectivity index (χ2v) is 3.97. The fraction of sp³-hybridized carbons (Fsp3) is 0.667. The van der Waals surface area contributed by atoms with Gasteiger partial charge in [-0.3, -0.25) is 4.68 Å². The van der Waals surface area contributed by atoms with E-state index in [0.29, 0.717) is 0 Å². The number of aromatic nitrogens is 2. The van der Waals surface area contributed by atoms with Crippen LogP contribution in [0.5, 0.6) is 0 Å². The van der Waals surface area contributed by atoms with Gasteiger partial charge in [-0.15, -0.1) is 11.6 Å². The van der Waals surface area contributed by atoms with E-state index in [-0.39, 0.29) is 5.38 Å². The van der Waals surface area contributed by atoms with Crippen LogP contribution in [0.3, 0.4) is 0 Å². The van der Waals surface area contributed by atoms with Crippen molar-refractivity contribution in [1.82, 2.24) is 15.1 Å². The number of rotatable bonds is 5. The average Bonchev–Trinajstić information content (AvgIpc) is 2.45. The maximum Gasteiger partial charge on any atom is 0.0762 e. The monoisotopic (exact) mass is 201 g/mol. The van der Waals surface area contributed by atoms with Crippen LogP contribution < -0.4 is 5.32 Å². The van der Waals surface area contributed by atoms with Gasteiger partial charge in [0, 0.05) is 25.2 Å². The lowest BCUT2D eigenvalue weighted by Crippen LogP contribution is -2.17. The molecule has 0 fully saturated rings. The molecule has 0 saturated carbocycles. The summed E-state index contributed by atoms with van der Waals surface area (Å²) in [5.41, 5.74) is 1.07. The Hall–Kier alpha value is -0.540. The summed E-state index contributed by atoms with van der Waals surface area (Å²) in [6, 6.07) is 2.01. The van der Waals surface area contributed by atoms with E-state index in [4.69, 9.17) is 11.6 Å². The van der Waals surface area contributed by atoms with Gasteiger partial charge in [-0.1, -0.05) is 0 Å². The summed E-state index contributed by atoms with van der Waals surface area (Å²) in [5.74, 6) is 0. The molecule has 0 aliphatic heterocycles. The Morgan fingerprint density at radius 2 is 2.46 bits per heavy atom. The number of aryl methyl sites for hydroxylation is 1. The SMILES string of the molecule is CC(Cl)CCNCc1ccn(C)n1. The molecule has 1 rings (SSSR count). The molecule has 1 N–H and O–H groups in total. The van der Waals surface area contributed by atoms with Crippen LogP contribution in [0.2, 0.25) is 0 Å². The maximum absolute atomic E-state index is 5.80. The Balaban J connectivity index is 2.13. The van der Waals surface area contributed by atoms with E-state index < -0.39 is 0 Å². The zero-order valence-electron chi connectivity index (χ0n) is 8.13. The third-order valence-corrected chi connectivity index (χ3v) is 2.01. The highest BCUT2D eigenvalue weighted by Gasteiger charge is 1.97. The van der Waals surface area contributed by atoms with Crippen molar-refractivity contribution >= 4 is 11.6 Å². The molecule has 3 nitrogen and oxygen atoms in total. The topological polar surface area (TPSA) is 29.9 Å². The van der Waals surface area contributed by atoms with Gasteiger partial charge >= 0.3 is 0 Å². The highest BCUT2D eigenvalue weighted by Crippen LogP contribution is 1.98. The van der Waals surface area contributed by atoms with Crippen molar-refractivity contribution in [3.8, 4) is 0 Å². The van der Waals surface area contributed by atoms with Crippen LogP contribution in [-0.4, -0.2) is 21.7 Å². The molecule has 0 aliphatic rings. The second kappa shape index (κ2) is 5.25. The first kappa shape index (κ1) is 10.5. The van der Waals surface area contributed by atoms with Crippen molar-refractivity contribution in [3.05, 3.63) is 18.0 Å². The minimum Gasteiger partial charge on any atom is -0.311 e. The molecule has 13 heavy (non-hydrogen) atoms. The third-order valence-electron chi connectivity index (χ3n) is 1.79. The summed E-state index contributed by atoms with van der Waals surface area (Å²) in [4.78, 5) is 0. The molecule has 0 radical (unpaired) electrons. The standard InChI is InChI=1S/C9H16ClN3/c1-8(10)3-5-11-7-9-4-6-13(2)12-9/h4,6,8,11H,3,5,7H2,1-2H3. The molecule has 1 unspecified atom stereocenters. The van der Waals surface area contributed by atoms with Crippen LogP contribution in [0, 0.1) is 0 Å². The third kappa shape index (κ3) is 4.29. The Bertz CT molecular complexity index is 245. The van der Waals surface area contributed by atoms with Gasteiger partial charge in [-0.2, -0.15) is 5.10 Å². The normalized spacial score (nSPS) is 13.2. The second-order valence-electron chi connectivity index (χ2n) is 3.23. The predicted octanol–water partition coefficient (Wildman–Crippen LogP) is 1.53. The Kier molecular flexibility index (Phi) is 4.25. The molecule has 1 heterocycles. The summed E-state index contributed by atoms with van der Waals surface area (Å²) >= 11 is 5.80. The molecule has 1 aromatic heterocycles. The highest BCUT2D eigenvalue weighted by molar-refractivity contribution is 6.20. The van der Waals surface area contributed by atoms with Crippen molar-refractivity contribution in [2.24, 2.45) is 7.05 Å². The number of nitrogens with one attached hydrogen (secondary N) is 1. The predicted molar refractivity (Wildman–Crippen MR) is 54.8 cm³/mol. The molecule has 0 amide bonds. The molecular formula is C9H16ClN3. The quantitative estimate of drug-likeness (QED) is 0.579. The van der Waals surface area contributed by atoms with E-state index in [9.17, 15) is 0 Å². The minimum absolute atomic E-state index is 0.247. The van der Waals surface area contributed by atoms with E-state index in [2.05, 4.69) is 10.4 Å². The Morgan fingerprint density at radius 1 is 1.69 bits per heavy atom. The molecular weight excluding hydrogens is 186 g/mol. The maximum atomic E-state index is 5.80. The summed E-state index contributed by atoms with van der Waals surface area (Å²) < 4.78 is 1.81. The van der Waals surface area contributed by atoms with Crippen LogP contribution >= 0.6 is 11.6 Å². The smallest absolute Gasteiger partial charge is 0.0762 e. The minimum atomic E-state index is 0.247. The summed E-state index contributed by atoms with van der Waals surface area (Å²) in [5, 5.41) is 7.78. The molecule has 0 aliphatic carbocycles. The van der Waals surface area contributed by atoms with E-state index >= 15 is 0 Å². The Labute approximate surface area is 84.1 Å². The number of halogens is 1. The number of nitrogens with zero attached hydrogens (tertiary/aromatic N) is 2. The molecule has 1 atom stereocenters. The first-order chi connectivity index (χ1) is 6.18. The van der Waals surface area contributed by atoms with Crippen LogP contribution in [0.15, 0.2) is 12.3 Å². The van der Waals surface area contributed by atoms with Gasteiger partial charge in [0.1, 0.15) is 0 Å². The fourth-order valence-electron chi connectivity index (χ4n) is 1.07. The summed E-state index contributed by atoms with van der Waals surface area (Å²) in [6.07, 6.45) is 2.94. The Morgan fingerprint density at radius 3 is 3.00 bits per heavy atom. The first-order valence-electron chi connectivity index (χ1n) is 4.52. The number of alkyl halides is 1. The zero-order chi connectivity index (χ0) is 9.68. The van der Waals surface area contributed by atoms with E-state index in [0.717, 1.165) is 25.2 Å². The van der Waals surface area contributed by atoms with Gasteiger partial charge in [0.15, 0.2) is 0 Å². The first-order valence-corrected chi connectivity index (χ1v) is 4.95. The number of hydrogen-bond acceptors (Lipinski definition) is 2.